The van der Waals surface area contributed by atoms with Gasteiger partial charge in [0.2, 0.25) is 23.2 Å². The molecule has 0 fully saturated rings. The molecule has 1 aromatic heterocycles. The van der Waals surface area contributed by atoms with E-state index in [9.17, 15) is 9.18 Å². The Hall–Kier alpha value is -3.51. The summed E-state index contributed by atoms with van der Waals surface area (Å²) in [5, 5.41) is 17.9. The van der Waals surface area contributed by atoms with Crippen LogP contribution in [0.1, 0.15) is 37.6 Å². The summed E-state index contributed by atoms with van der Waals surface area (Å²) in [6, 6.07) is 13.0. The molecule has 4 rings (SSSR count). The molecule has 2 aromatic carbocycles. The SMILES string of the molecule is CCSc1nnc2c(n1)OC(c1ccc(C#N)cc1)N(C(=O)CC)c1ccc(F)cc1-2. The van der Waals surface area contributed by atoms with Gasteiger partial charge in [-0.1, -0.05) is 37.7 Å². The molecule has 1 unspecified atom stereocenters. The number of nitriles is 1. The molecule has 9 heteroatoms. The van der Waals surface area contributed by atoms with E-state index in [4.69, 9.17) is 10.00 Å². The van der Waals surface area contributed by atoms with Crippen LogP contribution in [0.3, 0.4) is 0 Å². The molecule has 1 amide bonds. The largest absolute Gasteiger partial charge is 0.447 e. The monoisotopic (exact) mass is 435 g/mol. The standard InChI is InChI=1S/C22H18FN5O2S/c1-3-18(29)28-17-10-9-15(23)11-16(17)19-20(25-22(27-26-19)31-4-2)30-21(28)14-7-5-13(12-24)6-8-14/h5-11,21H,3-4H2,1-2H3. The first-order valence-electron chi connectivity index (χ1n) is 9.72. The van der Waals surface area contributed by atoms with Gasteiger partial charge in [-0.25, -0.2) is 4.39 Å². The smallest absolute Gasteiger partial charge is 0.247 e. The van der Waals surface area contributed by atoms with Crippen LogP contribution >= 0.6 is 11.8 Å². The number of halogens is 1. The minimum Gasteiger partial charge on any atom is -0.447 e. The van der Waals surface area contributed by atoms with E-state index in [1.807, 2.05) is 6.92 Å². The Bertz CT molecular complexity index is 1180. The lowest BCUT2D eigenvalue weighted by atomic mass is 10.1. The molecule has 0 radical (unpaired) electrons. The number of rotatable bonds is 4. The highest BCUT2D eigenvalue weighted by molar-refractivity contribution is 7.99. The van der Waals surface area contributed by atoms with E-state index in [1.54, 1.807) is 31.2 Å². The Labute approximate surface area is 182 Å². The Balaban J connectivity index is 1.95. The van der Waals surface area contributed by atoms with Crippen molar-refractivity contribution in [2.45, 2.75) is 31.7 Å². The van der Waals surface area contributed by atoms with Crippen LogP contribution < -0.4 is 9.64 Å². The van der Waals surface area contributed by atoms with E-state index in [1.165, 1.54) is 34.9 Å². The number of thioether (sulfide) groups is 1. The van der Waals surface area contributed by atoms with Crippen LogP contribution in [-0.4, -0.2) is 26.8 Å². The minimum atomic E-state index is -0.873. The van der Waals surface area contributed by atoms with Crippen molar-refractivity contribution >= 4 is 23.4 Å². The molecule has 0 spiro atoms. The third kappa shape index (κ3) is 3.94. The number of amides is 1. The van der Waals surface area contributed by atoms with E-state index in [0.29, 0.717) is 27.5 Å². The van der Waals surface area contributed by atoms with Crippen molar-refractivity contribution in [2.24, 2.45) is 0 Å². The van der Waals surface area contributed by atoms with Crippen LogP contribution in [-0.2, 0) is 4.79 Å². The van der Waals surface area contributed by atoms with Crippen molar-refractivity contribution in [1.29, 1.82) is 5.26 Å². The molecule has 1 atom stereocenters. The van der Waals surface area contributed by atoms with Crippen LogP contribution in [0.5, 0.6) is 5.88 Å². The lowest BCUT2D eigenvalue weighted by Crippen LogP contribution is -2.37. The predicted molar refractivity (Wildman–Crippen MR) is 114 cm³/mol. The molecule has 0 N–H and O–H groups in total. The molecule has 31 heavy (non-hydrogen) atoms. The highest BCUT2D eigenvalue weighted by atomic mass is 32.2. The zero-order valence-corrected chi connectivity index (χ0v) is 17.7. The fourth-order valence-electron chi connectivity index (χ4n) is 3.31. The van der Waals surface area contributed by atoms with Crippen molar-refractivity contribution in [2.75, 3.05) is 10.7 Å². The normalized spacial score (nSPS) is 14.6. The first kappa shape index (κ1) is 20.8. The number of aromatic nitrogens is 3. The number of benzene rings is 2. The maximum atomic E-state index is 14.2. The summed E-state index contributed by atoms with van der Waals surface area (Å²) in [6.07, 6.45) is -0.666. The number of hydrogen-bond acceptors (Lipinski definition) is 7. The molecule has 0 bridgehead atoms. The molecule has 2 heterocycles. The summed E-state index contributed by atoms with van der Waals surface area (Å²) >= 11 is 1.40. The number of nitrogens with zero attached hydrogens (tertiary/aromatic N) is 5. The van der Waals surface area contributed by atoms with Gasteiger partial charge in [-0.2, -0.15) is 10.2 Å². The van der Waals surface area contributed by atoms with Crippen LogP contribution in [0.25, 0.3) is 11.3 Å². The first-order chi connectivity index (χ1) is 15.0. The molecule has 0 aliphatic carbocycles. The minimum absolute atomic E-state index is 0.165. The van der Waals surface area contributed by atoms with Gasteiger partial charge in [0.15, 0.2) is 5.69 Å². The van der Waals surface area contributed by atoms with Crippen molar-refractivity contribution in [3.05, 3.63) is 59.4 Å². The van der Waals surface area contributed by atoms with Gasteiger partial charge < -0.3 is 4.74 Å². The summed E-state index contributed by atoms with van der Waals surface area (Å²) in [6.45, 7) is 3.71. The van der Waals surface area contributed by atoms with Gasteiger partial charge in [-0.05, 0) is 36.1 Å². The van der Waals surface area contributed by atoms with Crippen molar-refractivity contribution < 1.29 is 13.9 Å². The van der Waals surface area contributed by atoms with Crippen LogP contribution in [0.15, 0.2) is 47.6 Å². The highest BCUT2D eigenvalue weighted by Crippen LogP contribution is 2.44. The average molecular weight is 435 g/mol. The number of hydrogen-bond donors (Lipinski definition) is 0. The lowest BCUT2D eigenvalue weighted by molar-refractivity contribution is -0.120. The van der Waals surface area contributed by atoms with E-state index in [-0.39, 0.29) is 23.9 Å². The number of fused-ring (bicyclic) bond motifs is 3. The predicted octanol–water partition coefficient (Wildman–Crippen LogP) is 4.50. The van der Waals surface area contributed by atoms with Gasteiger partial charge in [0, 0.05) is 17.5 Å². The molecule has 3 aromatic rings. The van der Waals surface area contributed by atoms with Crippen molar-refractivity contribution in [3.63, 3.8) is 0 Å². The maximum absolute atomic E-state index is 14.2. The zero-order chi connectivity index (χ0) is 22.0. The molecule has 1 aliphatic heterocycles. The van der Waals surface area contributed by atoms with E-state index >= 15 is 0 Å². The average Bonchev–Trinajstić information content (AvgIpc) is 2.93. The Morgan fingerprint density at radius 2 is 2.00 bits per heavy atom. The van der Waals surface area contributed by atoms with Crippen molar-refractivity contribution in [1.82, 2.24) is 15.2 Å². The molecular formula is C22H18FN5O2S. The Morgan fingerprint density at radius 3 is 2.68 bits per heavy atom. The molecule has 7 nitrogen and oxygen atoms in total. The fraction of sp³-hybridized carbons (Fsp3) is 0.227. The van der Waals surface area contributed by atoms with Gasteiger partial charge in [-0.3, -0.25) is 9.69 Å². The molecule has 0 saturated heterocycles. The van der Waals surface area contributed by atoms with Crippen LogP contribution in [0.4, 0.5) is 10.1 Å². The van der Waals surface area contributed by atoms with Crippen LogP contribution in [0.2, 0.25) is 0 Å². The quantitative estimate of drug-likeness (QED) is 0.557. The second-order valence-electron chi connectivity index (χ2n) is 6.66. The van der Waals surface area contributed by atoms with Gasteiger partial charge in [0.25, 0.3) is 0 Å². The fourth-order valence-corrected chi connectivity index (χ4v) is 3.81. The van der Waals surface area contributed by atoms with Gasteiger partial charge >= 0.3 is 0 Å². The Kier molecular flexibility index (Phi) is 5.82. The third-order valence-electron chi connectivity index (χ3n) is 4.74. The van der Waals surface area contributed by atoms with Gasteiger partial charge in [-0.15, -0.1) is 10.2 Å². The second-order valence-corrected chi connectivity index (χ2v) is 7.90. The van der Waals surface area contributed by atoms with Crippen molar-refractivity contribution in [3.8, 4) is 23.2 Å². The third-order valence-corrected chi connectivity index (χ3v) is 5.46. The van der Waals surface area contributed by atoms with E-state index in [2.05, 4.69) is 21.3 Å². The number of carbonyl (C=O) groups excluding carboxylic acids is 1. The number of anilines is 1. The number of ether oxygens (including phenoxy) is 1. The molecular weight excluding hydrogens is 417 g/mol. The summed E-state index contributed by atoms with van der Waals surface area (Å²) in [5.41, 5.74) is 2.22. The molecule has 0 saturated carbocycles. The summed E-state index contributed by atoms with van der Waals surface area (Å²) in [5.74, 6) is 0.217. The topological polar surface area (TPSA) is 92.0 Å². The summed E-state index contributed by atoms with van der Waals surface area (Å²) in [7, 11) is 0. The van der Waals surface area contributed by atoms with Crippen LogP contribution in [0, 0.1) is 17.1 Å². The summed E-state index contributed by atoms with van der Waals surface area (Å²) < 4.78 is 20.4. The highest BCUT2D eigenvalue weighted by Gasteiger charge is 2.35. The lowest BCUT2D eigenvalue weighted by Gasteiger charge is -2.30. The van der Waals surface area contributed by atoms with Gasteiger partial charge in [0.05, 0.1) is 17.3 Å². The maximum Gasteiger partial charge on any atom is 0.247 e. The van der Waals surface area contributed by atoms with E-state index < -0.39 is 12.0 Å². The number of carbonyl (C=O) groups is 1. The second kappa shape index (κ2) is 8.70. The Morgan fingerprint density at radius 1 is 1.23 bits per heavy atom. The zero-order valence-electron chi connectivity index (χ0n) is 16.9. The summed E-state index contributed by atoms with van der Waals surface area (Å²) in [4.78, 5) is 19.0. The molecule has 1 aliphatic rings. The van der Waals surface area contributed by atoms with E-state index in [0.717, 1.165) is 5.75 Å². The first-order valence-corrected chi connectivity index (χ1v) is 10.7. The molecule has 156 valence electrons. The van der Waals surface area contributed by atoms with Gasteiger partial charge in [0.1, 0.15) is 5.82 Å².